The van der Waals surface area contributed by atoms with Crippen LogP contribution in [0.2, 0.25) is 0 Å². The third-order valence-electron chi connectivity index (χ3n) is 5.23. The van der Waals surface area contributed by atoms with E-state index in [0.29, 0.717) is 23.5 Å². The van der Waals surface area contributed by atoms with Crippen LogP contribution in [-0.2, 0) is 4.79 Å². The van der Waals surface area contributed by atoms with E-state index in [9.17, 15) is 14.4 Å². The molecular weight excluding hydrogens is 382 g/mol. The Bertz CT molecular complexity index is 1120. The van der Waals surface area contributed by atoms with E-state index in [1.165, 1.54) is 13.2 Å². The number of hydrogen-bond acceptors (Lipinski definition) is 4. The Hall–Kier alpha value is -3.87. The molecule has 0 bridgehead atoms. The van der Waals surface area contributed by atoms with Crippen molar-refractivity contribution >= 4 is 29.1 Å². The molecule has 3 amide bonds. The summed E-state index contributed by atoms with van der Waals surface area (Å²) < 4.78 is 5.31. The Kier molecular flexibility index (Phi) is 4.87. The molecule has 4 rings (SSSR count). The second-order valence-corrected chi connectivity index (χ2v) is 7.28. The third kappa shape index (κ3) is 3.34. The summed E-state index contributed by atoms with van der Waals surface area (Å²) in [4.78, 5) is 40.1. The Labute approximate surface area is 173 Å². The number of benzene rings is 2. The third-order valence-corrected chi connectivity index (χ3v) is 5.23. The van der Waals surface area contributed by atoms with Crippen molar-refractivity contribution in [3.8, 4) is 11.1 Å². The van der Waals surface area contributed by atoms with Gasteiger partial charge in [-0.25, -0.2) is 0 Å². The zero-order valence-corrected chi connectivity index (χ0v) is 16.7. The van der Waals surface area contributed by atoms with Crippen LogP contribution in [0.1, 0.15) is 34.8 Å². The molecule has 0 radical (unpaired) electrons. The van der Waals surface area contributed by atoms with E-state index in [1.807, 2.05) is 25.1 Å². The number of nitrogens with two attached hydrogens (primary N) is 1. The summed E-state index contributed by atoms with van der Waals surface area (Å²) in [6.07, 6.45) is 1.46. The molecule has 30 heavy (non-hydrogen) atoms. The Morgan fingerprint density at radius 2 is 1.70 bits per heavy atom. The molecule has 0 aliphatic carbocycles. The molecule has 1 aliphatic heterocycles. The molecule has 7 heteroatoms. The Balaban J connectivity index is 1.81. The fourth-order valence-electron chi connectivity index (χ4n) is 3.84. The zero-order valence-electron chi connectivity index (χ0n) is 16.7. The summed E-state index contributed by atoms with van der Waals surface area (Å²) in [5.74, 6) is -0.612. The predicted octanol–water partition coefficient (Wildman–Crippen LogP) is 3.45. The number of amides is 3. The van der Waals surface area contributed by atoms with E-state index in [2.05, 4.69) is 0 Å². The minimum absolute atomic E-state index is 0.0904. The van der Waals surface area contributed by atoms with Gasteiger partial charge in [0.05, 0.1) is 23.7 Å². The van der Waals surface area contributed by atoms with Crippen molar-refractivity contribution < 1.29 is 18.8 Å². The average Bonchev–Trinajstić information content (AvgIpc) is 3.27. The van der Waals surface area contributed by atoms with E-state index in [-0.39, 0.29) is 23.6 Å². The normalized spacial score (nSPS) is 15.6. The topological polar surface area (TPSA) is 96.9 Å². The highest BCUT2D eigenvalue weighted by Gasteiger charge is 2.34. The maximum Gasteiger partial charge on any atom is 0.294 e. The second kappa shape index (κ2) is 7.51. The first-order chi connectivity index (χ1) is 14.4. The fraction of sp³-hybridized carbons (Fsp3) is 0.174. The van der Waals surface area contributed by atoms with Crippen LogP contribution in [0.5, 0.6) is 0 Å². The molecule has 0 spiro atoms. The molecule has 2 N–H and O–H groups in total. The van der Waals surface area contributed by atoms with Crippen molar-refractivity contribution in [3.63, 3.8) is 0 Å². The summed E-state index contributed by atoms with van der Waals surface area (Å²) in [7, 11) is 0. The number of rotatable bonds is 3. The number of anilines is 2. The summed E-state index contributed by atoms with van der Waals surface area (Å²) in [6, 6.07) is 15.6. The maximum atomic E-state index is 13.1. The smallest absolute Gasteiger partial charge is 0.294 e. The fourth-order valence-corrected chi connectivity index (χ4v) is 3.84. The molecule has 0 saturated carbocycles. The molecule has 2 heterocycles. The van der Waals surface area contributed by atoms with Crippen molar-refractivity contribution in [3.05, 3.63) is 72.2 Å². The largest absolute Gasteiger partial charge is 0.459 e. The van der Waals surface area contributed by atoms with Crippen LogP contribution >= 0.6 is 0 Å². The number of furan rings is 1. The van der Waals surface area contributed by atoms with Gasteiger partial charge in [-0.2, -0.15) is 0 Å². The highest BCUT2D eigenvalue weighted by atomic mass is 16.3. The van der Waals surface area contributed by atoms with E-state index < -0.39 is 5.91 Å². The van der Waals surface area contributed by atoms with Crippen molar-refractivity contribution in [2.45, 2.75) is 19.9 Å². The van der Waals surface area contributed by atoms with Crippen LogP contribution in [0, 0.1) is 0 Å². The van der Waals surface area contributed by atoms with Gasteiger partial charge in [0, 0.05) is 19.0 Å². The number of primary amides is 1. The summed E-state index contributed by atoms with van der Waals surface area (Å²) in [5, 5.41) is 0. The quantitative estimate of drug-likeness (QED) is 0.724. The van der Waals surface area contributed by atoms with Gasteiger partial charge in [-0.05, 0) is 54.4 Å². The van der Waals surface area contributed by atoms with Gasteiger partial charge < -0.3 is 20.0 Å². The first-order valence-corrected chi connectivity index (χ1v) is 9.56. The van der Waals surface area contributed by atoms with E-state index in [0.717, 1.165) is 11.1 Å². The van der Waals surface area contributed by atoms with Crippen LogP contribution < -0.4 is 15.5 Å². The molecule has 0 unspecified atom stereocenters. The first kappa shape index (κ1) is 19.4. The average molecular weight is 403 g/mol. The van der Waals surface area contributed by atoms with Crippen molar-refractivity contribution in [2.24, 2.45) is 5.73 Å². The SMILES string of the molecule is CC(=O)N1c2ccc(-c3ccc(C(N)=O)cc3)cc2N(C(=O)c2ccco2)C[C@@H]1C. The van der Waals surface area contributed by atoms with E-state index in [4.69, 9.17) is 10.2 Å². The van der Waals surface area contributed by atoms with Crippen LogP contribution in [0.4, 0.5) is 11.4 Å². The van der Waals surface area contributed by atoms with Gasteiger partial charge in [0.2, 0.25) is 11.8 Å². The lowest BCUT2D eigenvalue weighted by Crippen LogP contribution is -2.51. The Morgan fingerprint density at radius 1 is 1.00 bits per heavy atom. The van der Waals surface area contributed by atoms with Gasteiger partial charge in [0.15, 0.2) is 5.76 Å². The Morgan fingerprint density at radius 3 is 2.30 bits per heavy atom. The van der Waals surface area contributed by atoms with Crippen molar-refractivity contribution in [1.82, 2.24) is 0 Å². The lowest BCUT2D eigenvalue weighted by Gasteiger charge is -2.40. The molecule has 0 saturated heterocycles. The van der Waals surface area contributed by atoms with Gasteiger partial charge in [-0.3, -0.25) is 14.4 Å². The maximum absolute atomic E-state index is 13.1. The van der Waals surface area contributed by atoms with E-state index >= 15 is 0 Å². The molecule has 1 atom stereocenters. The molecule has 7 nitrogen and oxygen atoms in total. The van der Waals surface area contributed by atoms with Crippen molar-refractivity contribution in [1.29, 1.82) is 0 Å². The molecule has 152 valence electrons. The number of carbonyl (C=O) groups excluding carboxylic acids is 3. The van der Waals surface area contributed by atoms with Crippen LogP contribution in [0.3, 0.4) is 0 Å². The van der Waals surface area contributed by atoms with Gasteiger partial charge in [-0.15, -0.1) is 0 Å². The molecule has 1 aromatic heterocycles. The van der Waals surface area contributed by atoms with E-state index in [1.54, 1.807) is 46.2 Å². The minimum atomic E-state index is -0.492. The lowest BCUT2D eigenvalue weighted by molar-refractivity contribution is -0.117. The summed E-state index contributed by atoms with van der Waals surface area (Å²) in [6.45, 7) is 3.76. The molecule has 3 aromatic rings. The molecule has 1 aliphatic rings. The van der Waals surface area contributed by atoms with Gasteiger partial charge in [-0.1, -0.05) is 18.2 Å². The van der Waals surface area contributed by atoms with Crippen LogP contribution in [-0.4, -0.2) is 30.3 Å². The predicted molar refractivity (Wildman–Crippen MR) is 113 cm³/mol. The highest BCUT2D eigenvalue weighted by Crippen LogP contribution is 2.39. The number of nitrogens with zero attached hydrogens (tertiary/aromatic N) is 2. The lowest BCUT2D eigenvalue weighted by atomic mass is 9.99. The number of hydrogen-bond donors (Lipinski definition) is 1. The second-order valence-electron chi connectivity index (χ2n) is 7.28. The molecule has 2 aromatic carbocycles. The van der Waals surface area contributed by atoms with Crippen LogP contribution in [0.15, 0.2) is 65.3 Å². The monoisotopic (exact) mass is 403 g/mol. The van der Waals surface area contributed by atoms with Crippen molar-refractivity contribution in [2.75, 3.05) is 16.3 Å². The molecule has 0 fully saturated rings. The summed E-state index contributed by atoms with van der Waals surface area (Å²) >= 11 is 0. The van der Waals surface area contributed by atoms with Crippen LogP contribution in [0.25, 0.3) is 11.1 Å². The zero-order chi connectivity index (χ0) is 21.4. The highest BCUT2D eigenvalue weighted by molar-refractivity contribution is 6.10. The van der Waals surface area contributed by atoms with Gasteiger partial charge >= 0.3 is 0 Å². The summed E-state index contributed by atoms with van der Waals surface area (Å²) in [5.41, 5.74) is 8.74. The number of carbonyl (C=O) groups is 3. The van der Waals surface area contributed by atoms with Gasteiger partial charge in [0.1, 0.15) is 0 Å². The number of fused-ring (bicyclic) bond motifs is 1. The first-order valence-electron chi connectivity index (χ1n) is 9.56. The minimum Gasteiger partial charge on any atom is -0.459 e. The van der Waals surface area contributed by atoms with Gasteiger partial charge in [0.25, 0.3) is 5.91 Å². The molecular formula is C23H21N3O4. The standard InChI is InChI=1S/C23H21N3O4/c1-14-13-25(23(29)21-4-3-11-30-21)20-12-18(9-10-19(20)26(14)15(2)27)16-5-7-17(8-6-16)22(24)28/h3-12,14H,13H2,1-2H3,(H2,24,28)/t14-/m0/s1.